The Morgan fingerprint density at radius 1 is 1.33 bits per heavy atom. The van der Waals surface area contributed by atoms with E-state index in [2.05, 4.69) is 15.4 Å². The minimum absolute atomic E-state index is 0.289. The number of hydrogen-bond donors (Lipinski definition) is 1. The minimum atomic E-state index is -4.72. The van der Waals surface area contributed by atoms with Crippen molar-refractivity contribution in [1.82, 2.24) is 14.8 Å². The van der Waals surface area contributed by atoms with Gasteiger partial charge in [-0.15, -0.1) is 0 Å². The molecular formula is C15H14F3N5O. The maximum atomic E-state index is 12.9. The number of alkyl halides is 3. The van der Waals surface area contributed by atoms with E-state index in [0.717, 1.165) is 11.8 Å². The van der Waals surface area contributed by atoms with E-state index in [0.29, 0.717) is 6.07 Å². The van der Waals surface area contributed by atoms with Crippen LogP contribution in [0, 0.1) is 18.3 Å². The van der Waals surface area contributed by atoms with E-state index < -0.39 is 28.7 Å². The molecule has 0 unspecified atom stereocenters. The number of aryl methyl sites for hydroxylation is 1. The van der Waals surface area contributed by atoms with Crippen LogP contribution in [0.1, 0.15) is 30.5 Å². The van der Waals surface area contributed by atoms with Crippen molar-refractivity contribution < 1.29 is 18.0 Å². The topological polar surface area (TPSA) is 83.6 Å². The number of rotatable bonds is 3. The highest BCUT2D eigenvalue weighted by molar-refractivity contribution is 5.95. The van der Waals surface area contributed by atoms with Gasteiger partial charge < -0.3 is 5.32 Å². The van der Waals surface area contributed by atoms with Crippen LogP contribution in [0.25, 0.3) is 0 Å². The Balaban J connectivity index is 2.31. The minimum Gasteiger partial charge on any atom is -0.309 e. The van der Waals surface area contributed by atoms with Gasteiger partial charge in [0.2, 0.25) is 0 Å². The van der Waals surface area contributed by atoms with Crippen LogP contribution in [-0.4, -0.2) is 20.7 Å². The van der Waals surface area contributed by atoms with Crippen LogP contribution >= 0.6 is 0 Å². The van der Waals surface area contributed by atoms with Gasteiger partial charge in [0.25, 0.3) is 5.91 Å². The maximum absolute atomic E-state index is 12.9. The Morgan fingerprint density at radius 2 is 2.00 bits per heavy atom. The van der Waals surface area contributed by atoms with Gasteiger partial charge in [-0.05, 0) is 32.4 Å². The lowest BCUT2D eigenvalue weighted by atomic mass is 10.0. The predicted octanol–water partition coefficient (Wildman–Crippen LogP) is 2.85. The highest BCUT2D eigenvalue weighted by atomic mass is 19.4. The number of nitriles is 1. The van der Waals surface area contributed by atoms with Crippen LogP contribution in [0.5, 0.6) is 0 Å². The lowest BCUT2D eigenvalue weighted by Gasteiger charge is -2.24. The molecule has 0 saturated heterocycles. The molecule has 9 heteroatoms. The molecule has 2 aromatic rings. The molecule has 1 amide bonds. The van der Waals surface area contributed by atoms with Crippen molar-refractivity contribution in [1.29, 1.82) is 5.26 Å². The first-order chi connectivity index (χ1) is 11.1. The van der Waals surface area contributed by atoms with Gasteiger partial charge in [-0.1, -0.05) is 0 Å². The Bertz CT molecular complexity index is 817. The van der Waals surface area contributed by atoms with E-state index in [-0.39, 0.29) is 5.82 Å². The van der Waals surface area contributed by atoms with Crippen molar-refractivity contribution in [2.24, 2.45) is 0 Å². The molecule has 0 aliphatic heterocycles. The molecular weight excluding hydrogens is 323 g/mol. The number of carbonyl (C=O) groups excluding carboxylic acids is 1. The molecule has 0 radical (unpaired) electrons. The molecule has 0 bridgehead atoms. The van der Waals surface area contributed by atoms with Crippen LogP contribution in [-0.2, 0) is 16.5 Å². The monoisotopic (exact) mass is 337 g/mol. The van der Waals surface area contributed by atoms with Crippen LogP contribution in [0.15, 0.2) is 24.7 Å². The van der Waals surface area contributed by atoms with Gasteiger partial charge in [0.1, 0.15) is 17.4 Å². The summed E-state index contributed by atoms with van der Waals surface area (Å²) in [6, 6.07) is 2.07. The van der Waals surface area contributed by atoms with E-state index in [1.807, 2.05) is 0 Å². The molecule has 0 aliphatic carbocycles. The fraction of sp³-hybridized carbons (Fsp3) is 0.333. The van der Waals surface area contributed by atoms with Crippen LogP contribution < -0.4 is 5.32 Å². The summed E-state index contributed by atoms with van der Waals surface area (Å²) in [5, 5.41) is 15.1. The van der Waals surface area contributed by atoms with Crippen molar-refractivity contribution in [2.75, 3.05) is 5.32 Å². The molecule has 2 aromatic heterocycles. The molecule has 0 aliphatic rings. The average Bonchev–Trinajstić information content (AvgIpc) is 2.93. The van der Waals surface area contributed by atoms with Crippen LogP contribution in [0.4, 0.5) is 19.0 Å². The highest BCUT2D eigenvalue weighted by Gasteiger charge is 2.35. The zero-order valence-electron chi connectivity index (χ0n) is 13.1. The van der Waals surface area contributed by atoms with Crippen molar-refractivity contribution in [3.63, 3.8) is 0 Å². The van der Waals surface area contributed by atoms with Gasteiger partial charge in [-0.25, -0.2) is 4.98 Å². The van der Waals surface area contributed by atoms with Crippen LogP contribution in [0.3, 0.4) is 0 Å². The lowest BCUT2D eigenvalue weighted by molar-refractivity contribution is -0.137. The van der Waals surface area contributed by atoms with E-state index in [9.17, 15) is 18.0 Å². The Kier molecular flexibility index (Phi) is 4.34. The van der Waals surface area contributed by atoms with Gasteiger partial charge in [-0.2, -0.15) is 23.5 Å². The Hall–Kier alpha value is -2.89. The third-order valence-corrected chi connectivity index (χ3v) is 3.41. The first kappa shape index (κ1) is 17.5. The molecule has 2 rings (SSSR count). The maximum Gasteiger partial charge on any atom is 0.417 e. The van der Waals surface area contributed by atoms with Crippen molar-refractivity contribution >= 4 is 11.7 Å². The largest absolute Gasteiger partial charge is 0.417 e. The first-order valence-electron chi connectivity index (χ1n) is 6.86. The van der Waals surface area contributed by atoms with Crippen molar-refractivity contribution in [3.05, 3.63) is 41.3 Å². The van der Waals surface area contributed by atoms with Gasteiger partial charge in [0, 0.05) is 12.4 Å². The van der Waals surface area contributed by atoms with E-state index >= 15 is 0 Å². The second-order valence-electron chi connectivity index (χ2n) is 5.70. The standard InChI is InChI=1S/C15H14F3N5O/c1-9-6-21-23(8-9)14(2,3)13(24)22-12-4-11(15(16,17)18)10(5-19)7-20-12/h4,6-8H,1-3H3,(H,20,22,24). The average molecular weight is 337 g/mol. The quantitative estimate of drug-likeness (QED) is 0.933. The number of hydrogen-bond acceptors (Lipinski definition) is 4. The fourth-order valence-electron chi connectivity index (χ4n) is 1.94. The smallest absolute Gasteiger partial charge is 0.309 e. The summed E-state index contributed by atoms with van der Waals surface area (Å²) >= 11 is 0. The van der Waals surface area contributed by atoms with E-state index in [1.54, 1.807) is 33.2 Å². The number of aromatic nitrogens is 3. The van der Waals surface area contributed by atoms with Crippen molar-refractivity contribution in [2.45, 2.75) is 32.5 Å². The van der Waals surface area contributed by atoms with Gasteiger partial charge in [-0.3, -0.25) is 9.48 Å². The number of nitrogens with zero attached hydrogens (tertiary/aromatic N) is 4. The molecule has 0 saturated carbocycles. The molecule has 0 aromatic carbocycles. The van der Waals surface area contributed by atoms with E-state index in [4.69, 9.17) is 5.26 Å². The summed E-state index contributed by atoms with van der Waals surface area (Å²) in [6.07, 6.45) is -0.727. The summed E-state index contributed by atoms with van der Waals surface area (Å²) in [5.74, 6) is -0.876. The Morgan fingerprint density at radius 3 is 2.50 bits per heavy atom. The van der Waals surface area contributed by atoms with Crippen molar-refractivity contribution in [3.8, 4) is 6.07 Å². The summed E-state index contributed by atoms with van der Waals surface area (Å²) < 4.78 is 40.3. The second kappa shape index (κ2) is 5.96. The van der Waals surface area contributed by atoms with Gasteiger partial charge >= 0.3 is 6.18 Å². The van der Waals surface area contributed by atoms with E-state index in [1.165, 1.54) is 10.8 Å². The third kappa shape index (κ3) is 3.37. The molecule has 0 spiro atoms. The molecule has 24 heavy (non-hydrogen) atoms. The highest BCUT2D eigenvalue weighted by Crippen LogP contribution is 2.33. The molecule has 126 valence electrons. The summed E-state index contributed by atoms with van der Waals surface area (Å²) in [7, 11) is 0. The number of anilines is 1. The molecule has 6 nitrogen and oxygen atoms in total. The first-order valence-corrected chi connectivity index (χ1v) is 6.86. The van der Waals surface area contributed by atoms with Crippen LogP contribution in [0.2, 0.25) is 0 Å². The van der Waals surface area contributed by atoms with Gasteiger partial charge in [0.05, 0.1) is 17.3 Å². The number of nitrogens with one attached hydrogen (secondary N) is 1. The normalized spacial score (nSPS) is 11.9. The summed E-state index contributed by atoms with van der Waals surface area (Å²) in [4.78, 5) is 16.1. The number of halogens is 3. The predicted molar refractivity (Wildman–Crippen MR) is 78.9 cm³/mol. The molecule has 0 atom stereocenters. The third-order valence-electron chi connectivity index (χ3n) is 3.41. The molecule has 2 heterocycles. The Labute approximate surface area is 135 Å². The number of carbonyl (C=O) groups is 1. The number of pyridine rings is 1. The lowest BCUT2D eigenvalue weighted by Crippen LogP contribution is -2.40. The van der Waals surface area contributed by atoms with Gasteiger partial charge in [0.15, 0.2) is 0 Å². The fourth-order valence-corrected chi connectivity index (χ4v) is 1.94. The second-order valence-corrected chi connectivity index (χ2v) is 5.70. The zero-order chi connectivity index (χ0) is 18.1. The summed E-state index contributed by atoms with van der Waals surface area (Å²) in [6.45, 7) is 4.95. The number of amides is 1. The summed E-state index contributed by atoms with van der Waals surface area (Å²) in [5.41, 5.74) is -2.06. The molecule has 0 fully saturated rings. The SMILES string of the molecule is Cc1cnn(C(C)(C)C(=O)Nc2cc(C(F)(F)F)c(C#N)cn2)c1. The molecule has 1 N–H and O–H groups in total. The zero-order valence-corrected chi connectivity index (χ0v) is 13.1.